The molecule has 0 aliphatic rings. The molecule has 24 heavy (non-hydrogen) atoms. The summed E-state index contributed by atoms with van der Waals surface area (Å²) in [5, 5.41) is 3.43. The number of fused-ring (bicyclic) bond motifs is 1. The van der Waals surface area contributed by atoms with Crippen LogP contribution in [-0.4, -0.2) is 42.2 Å². The fraction of sp³-hybridized carbons (Fsp3) is 0.294. The molecular formula is C17H19N3O3S. The number of rotatable bonds is 7. The van der Waals surface area contributed by atoms with Gasteiger partial charge in [-0.05, 0) is 38.4 Å². The van der Waals surface area contributed by atoms with E-state index >= 15 is 0 Å². The number of para-hydroxylation sites is 2. The molecule has 1 atom stereocenters. The molecule has 0 bridgehead atoms. The Kier molecular flexibility index (Phi) is 5.22. The number of aromatic nitrogens is 1. The van der Waals surface area contributed by atoms with Crippen molar-refractivity contribution in [3.05, 3.63) is 48.4 Å². The Morgan fingerprint density at radius 2 is 2.12 bits per heavy atom. The summed E-state index contributed by atoms with van der Waals surface area (Å²) < 4.78 is 11.0. The van der Waals surface area contributed by atoms with Gasteiger partial charge in [0.2, 0.25) is 5.91 Å². The van der Waals surface area contributed by atoms with Crippen LogP contribution in [-0.2, 0) is 4.79 Å². The smallest absolute Gasteiger partial charge is 0.257 e. The van der Waals surface area contributed by atoms with Crippen LogP contribution in [0.15, 0.2) is 56.7 Å². The highest BCUT2D eigenvalue weighted by atomic mass is 32.2. The zero-order valence-corrected chi connectivity index (χ0v) is 14.4. The molecule has 3 aromatic rings. The van der Waals surface area contributed by atoms with Crippen LogP contribution in [0.5, 0.6) is 0 Å². The number of amides is 1. The molecule has 0 saturated carbocycles. The van der Waals surface area contributed by atoms with Crippen LogP contribution < -0.4 is 5.32 Å². The lowest BCUT2D eigenvalue weighted by Gasteiger charge is -2.22. The first-order chi connectivity index (χ1) is 11.6. The van der Waals surface area contributed by atoms with Crippen molar-refractivity contribution in [1.82, 2.24) is 15.2 Å². The van der Waals surface area contributed by atoms with E-state index in [1.54, 1.807) is 6.26 Å². The Bertz CT molecular complexity index is 765. The van der Waals surface area contributed by atoms with Crippen LogP contribution in [0, 0.1) is 0 Å². The highest BCUT2D eigenvalue weighted by molar-refractivity contribution is 7.99. The second kappa shape index (κ2) is 7.55. The molecule has 0 aliphatic carbocycles. The van der Waals surface area contributed by atoms with E-state index in [4.69, 9.17) is 8.83 Å². The number of carbonyl (C=O) groups is 1. The lowest BCUT2D eigenvalue weighted by atomic mass is 10.2. The average molecular weight is 345 g/mol. The summed E-state index contributed by atoms with van der Waals surface area (Å²) in [5.41, 5.74) is 1.52. The number of thioether (sulfide) groups is 1. The van der Waals surface area contributed by atoms with E-state index in [-0.39, 0.29) is 17.7 Å². The van der Waals surface area contributed by atoms with E-state index in [0.29, 0.717) is 11.8 Å². The Hall–Kier alpha value is -2.25. The summed E-state index contributed by atoms with van der Waals surface area (Å²) in [6.07, 6.45) is 1.64. The second-order valence-corrected chi connectivity index (χ2v) is 6.46. The van der Waals surface area contributed by atoms with Crippen LogP contribution in [0.25, 0.3) is 11.1 Å². The molecule has 6 nitrogen and oxygen atoms in total. The van der Waals surface area contributed by atoms with Gasteiger partial charge >= 0.3 is 0 Å². The molecule has 1 N–H and O–H groups in total. The van der Waals surface area contributed by atoms with Gasteiger partial charge in [-0.15, -0.1) is 0 Å². The number of nitrogens with zero attached hydrogens (tertiary/aromatic N) is 2. The molecule has 1 unspecified atom stereocenters. The van der Waals surface area contributed by atoms with Gasteiger partial charge in [-0.2, -0.15) is 0 Å². The van der Waals surface area contributed by atoms with Crippen molar-refractivity contribution in [2.45, 2.75) is 11.3 Å². The third-order valence-corrected chi connectivity index (χ3v) is 4.42. The van der Waals surface area contributed by atoms with Gasteiger partial charge in [0.15, 0.2) is 5.58 Å². The lowest BCUT2D eigenvalue weighted by molar-refractivity contribution is -0.118. The quantitative estimate of drug-likeness (QED) is 0.664. The van der Waals surface area contributed by atoms with Crippen LogP contribution in [0.4, 0.5) is 0 Å². The van der Waals surface area contributed by atoms with Crippen molar-refractivity contribution < 1.29 is 13.6 Å². The molecular weight excluding hydrogens is 326 g/mol. The molecule has 0 aliphatic heterocycles. The predicted octanol–water partition coefficient (Wildman–Crippen LogP) is 2.93. The standard InChI is InChI=1S/C17H19N3O3S/c1-20(2)13(15-8-5-9-22-15)10-18-16(21)11-24-17-19-12-6-3-4-7-14(12)23-17/h3-9,13H,10-11H2,1-2H3,(H,18,21). The molecule has 0 radical (unpaired) electrons. The number of furan rings is 1. The monoisotopic (exact) mass is 345 g/mol. The van der Waals surface area contributed by atoms with Crippen molar-refractivity contribution >= 4 is 28.8 Å². The van der Waals surface area contributed by atoms with Gasteiger partial charge in [-0.3, -0.25) is 9.69 Å². The van der Waals surface area contributed by atoms with E-state index < -0.39 is 0 Å². The van der Waals surface area contributed by atoms with Crippen molar-refractivity contribution in [3.63, 3.8) is 0 Å². The van der Waals surface area contributed by atoms with Gasteiger partial charge in [0, 0.05) is 6.54 Å². The summed E-state index contributed by atoms with van der Waals surface area (Å²) in [5.74, 6) is 1.01. The lowest BCUT2D eigenvalue weighted by Crippen LogP contribution is -2.35. The molecule has 126 valence electrons. The zero-order chi connectivity index (χ0) is 16.9. The van der Waals surface area contributed by atoms with Crippen LogP contribution in [0.2, 0.25) is 0 Å². The minimum atomic E-state index is -0.0688. The van der Waals surface area contributed by atoms with Gasteiger partial charge < -0.3 is 14.2 Å². The van der Waals surface area contributed by atoms with E-state index in [0.717, 1.165) is 16.9 Å². The van der Waals surface area contributed by atoms with Gasteiger partial charge in [-0.1, -0.05) is 23.9 Å². The molecule has 2 heterocycles. The summed E-state index contributed by atoms with van der Waals surface area (Å²) in [7, 11) is 3.90. The Morgan fingerprint density at radius 1 is 1.29 bits per heavy atom. The molecule has 1 amide bonds. The number of likely N-dealkylation sites (N-methyl/N-ethyl adjacent to an activating group) is 1. The molecule has 0 spiro atoms. The summed E-state index contributed by atoms with van der Waals surface area (Å²) in [6, 6.07) is 11.3. The van der Waals surface area contributed by atoms with Crippen molar-refractivity contribution in [2.75, 3.05) is 26.4 Å². The van der Waals surface area contributed by atoms with Gasteiger partial charge in [0.05, 0.1) is 18.1 Å². The number of hydrogen-bond acceptors (Lipinski definition) is 6. The van der Waals surface area contributed by atoms with Crippen LogP contribution in [0.3, 0.4) is 0 Å². The summed E-state index contributed by atoms with van der Waals surface area (Å²) in [6.45, 7) is 0.480. The van der Waals surface area contributed by atoms with E-state index in [1.807, 2.05) is 55.4 Å². The van der Waals surface area contributed by atoms with Crippen molar-refractivity contribution in [3.8, 4) is 0 Å². The fourth-order valence-electron chi connectivity index (χ4n) is 2.32. The van der Waals surface area contributed by atoms with Gasteiger partial charge in [0.25, 0.3) is 5.22 Å². The normalized spacial score (nSPS) is 12.6. The van der Waals surface area contributed by atoms with Crippen LogP contribution >= 0.6 is 11.8 Å². The largest absolute Gasteiger partial charge is 0.468 e. The number of hydrogen-bond donors (Lipinski definition) is 1. The van der Waals surface area contributed by atoms with Gasteiger partial charge in [-0.25, -0.2) is 4.98 Å². The molecule has 2 aromatic heterocycles. The van der Waals surface area contributed by atoms with E-state index in [9.17, 15) is 4.79 Å². The zero-order valence-electron chi connectivity index (χ0n) is 13.6. The first-order valence-electron chi connectivity index (χ1n) is 7.58. The summed E-state index contributed by atoms with van der Waals surface area (Å²) >= 11 is 1.28. The minimum absolute atomic E-state index is 0.00160. The maximum absolute atomic E-state index is 12.1. The first kappa shape index (κ1) is 16.6. The maximum atomic E-state index is 12.1. The average Bonchev–Trinajstić information content (AvgIpc) is 3.22. The van der Waals surface area contributed by atoms with Crippen molar-refractivity contribution in [1.29, 1.82) is 0 Å². The predicted molar refractivity (Wildman–Crippen MR) is 92.9 cm³/mol. The second-order valence-electron chi connectivity index (χ2n) is 5.54. The number of oxazole rings is 1. The highest BCUT2D eigenvalue weighted by Crippen LogP contribution is 2.23. The van der Waals surface area contributed by atoms with Crippen molar-refractivity contribution in [2.24, 2.45) is 0 Å². The summed E-state index contributed by atoms with van der Waals surface area (Å²) in [4.78, 5) is 18.4. The SMILES string of the molecule is CN(C)C(CNC(=O)CSc1nc2ccccc2o1)c1ccco1. The third kappa shape index (κ3) is 3.98. The first-order valence-corrected chi connectivity index (χ1v) is 8.57. The topological polar surface area (TPSA) is 71.5 Å². The molecule has 1 aromatic carbocycles. The van der Waals surface area contributed by atoms with Crippen LogP contribution in [0.1, 0.15) is 11.8 Å². The van der Waals surface area contributed by atoms with Gasteiger partial charge in [0.1, 0.15) is 11.3 Å². The fourth-order valence-corrected chi connectivity index (χ4v) is 2.99. The maximum Gasteiger partial charge on any atom is 0.257 e. The molecule has 0 saturated heterocycles. The molecule has 7 heteroatoms. The minimum Gasteiger partial charge on any atom is -0.468 e. The number of carbonyl (C=O) groups excluding carboxylic acids is 1. The third-order valence-electron chi connectivity index (χ3n) is 3.59. The molecule has 3 rings (SSSR count). The Balaban J connectivity index is 1.51. The molecule has 0 fully saturated rings. The number of benzene rings is 1. The van der Waals surface area contributed by atoms with E-state index in [1.165, 1.54) is 11.8 Å². The Morgan fingerprint density at radius 3 is 2.83 bits per heavy atom. The Labute approximate surface area is 144 Å². The highest BCUT2D eigenvalue weighted by Gasteiger charge is 2.18. The van der Waals surface area contributed by atoms with E-state index in [2.05, 4.69) is 10.3 Å². The number of nitrogens with one attached hydrogen (secondary N) is 1.